The summed E-state index contributed by atoms with van der Waals surface area (Å²) in [6, 6.07) is 8.21. The van der Waals surface area contributed by atoms with Crippen molar-refractivity contribution in [3.05, 3.63) is 46.5 Å². The molecule has 0 aliphatic carbocycles. The average Bonchev–Trinajstić information content (AvgIpc) is 2.66. The van der Waals surface area contributed by atoms with Gasteiger partial charge in [-0.25, -0.2) is 4.79 Å². The fraction of sp³-hybridized carbons (Fsp3) is 0.381. The van der Waals surface area contributed by atoms with Crippen LogP contribution in [-0.4, -0.2) is 38.1 Å². The summed E-state index contributed by atoms with van der Waals surface area (Å²) in [5.41, 5.74) is 0.289. The lowest BCUT2D eigenvalue weighted by atomic mass is 9.98. The Hall–Kier alpha value is -2.64. The van der Waals surface area contributed by atoms with Crippen molar-refractivity contribution in [2.45, 2.75) is 32.5 Å². The first-order chi connectivity index (χ1) is 13.6. The van der Waals surface area contributed by atoms with Crippen LogP contribution in [0.3, 0.4) is 0 Å². The number of nitrogens with one attached hydrogen (secondary N) is 1. The van der Waals surface area contributed by atoms with Gasteiger partial charge in [0.15, 0.2) is 11.5 Å². The molecule has 7 nitrogen and oxygen atoms in total. The number of hydrogen-bond donors (Lipinski definition) is 2. The number of carbonyl (C=O) groups excluding carboxylic acids is 1. The molecule has 2 rings (SSSR count). The van der Waals surface area contributed by atoms with Crippen molar-refractivity contribution in [3.63, 3.8) is 0 Å². The minimum Gasteiger partial charge on any atom is -0.495 e. The molecule has 0 spiro atoms. The van der Waals surface area contributed by atoms with Crippen molar-refractivity contribution in [3.8, 4) is 17.2 Å². The summed E-state index contributed by atoms with van der Waals surface area (Å²) >= 11 is 6.22. The Balaban J connectivity index is 2.57. The van der Waals surface area contributed by atoms with E-state index >= 15 is 0 Å². The predicted octanol–water partition coefficient (Wildman–Crippen LogP) is 4.79. The zero-order chi connectivity index (χ0) is 21.8. The van der Waals surface area contributed by atoms with E-state index in [-0.39, 0.29) is 11.4 Å². The molecule has 0 saturated heterocycles. The maximum atomic E-state index is 12.4. The molecule has 1 atom stereocenters. The molecule has 1 unspecified atom stereocenters. The highest BCUT2D eigenvalue weighted by atomic mass is 35.5. The predicted molar refractivity (Wildman–Crippen MR) is 111 cm³/mol. The number of methoxy groups -OCH3 is 3. The monoisotopic (exact) mass is 423 g/mol. The molecule has 0 aliphatic rings. The van der Waals surface area contributed by atoms with E-state index in [0.717, 1.165) is 0 Å². The molecular formula is C21H26ClNO6. The van der Waals surface area contributed by atoms with E-state index in [0.29, 0.717) is 27.6 Å². The molecule has 158 valence electrons. The fourth-order valence-corrected chi connectivity index (χ4v) is 3.03. The number of rotatable bonds is 6. The van der Waals surface area contributed by atoms with Crippen LogP contribution in [0.5, 0.6) is 17.2 Å². The number of hydrogen-bond acceptors (Lipinski definition) is 6. The maximum absolute atomic E-state index is 12.4. The standard InChI is InChI=1S/C21H26ClNO6/c1-21(2,3)29-20(25)23-17-14(10-12(22)11-16(17)27-5)18(24)13-8-7-9-15(26-4)19(13)28-6/h7-11,18,24H,1-6H3,(H,23,25). The third-order valence-corrected chi connectivity index (χ3v) is 4.18. The highest BCUT2D eigenvalue weighted by molar-refractivity contribution is 6.31. The third-order valence-electron chi connectivity index (χ3n) is 3.97. The highest BCUT2D eigenvalue weighted by Gasteiger charge is 2.26. The van der Waals surface area contributed by atoms with Gasteiger partial charge in [0.25, 0.3) is 0 Å². The topological polar surface area (TPSA) is 86.3 Å². The Kier molecular flexibility index (Phi) is 7.21. The Labute approximate surface area is 175 Å². The van der Waals surface area contributed by atoms with Crippen LogP contribution in [0.2, 0.25) is 5.02 Å². The molecule has 2 N–H and O–H groups in total. The smallest absolute Gasteiger partial charge is 0.412 e. The second kappa shape index (κ2) is 9.24. The van der Waals surface area contributed by atoms with Gasteiger partial charge in [-0.3, -0.25) is 5.32 Å². The minimum absolute atomic E-state index is 0.239. The number of halogens is 1. The lowest BCUT2D eigenvalue weighted by molar-refractivity contribution is 0.0635. The molecule has 8 heteroatoms. The zero-order valence-corrected chi connectivity index (χ0v) is 18.1. The van der Waals surface area contributed by atoms with Gasteiger partial charge in [-0.05, 0) is 32.9 Å². The van der Waals surface area contributed by atoms with Crippen molar-refractivity contribution in [1.29, 1.82) is 0 Å². The van der Waals surface area contributed by atoms with E-state index in [1.807, 2.05) is 0 Å². The molecule has 1 amide bonds. The molecule has 2 aromatic rings. The first-order valence-corrected chi connectivity index (χ1v) is 9.25. The number of aliphatic hydroxyl groups excluding tert-OH is 1. The van der Waals surface area contributed by atoms with E-state index in [1.54, 1.807) is 45.0 Å². The van der Waals surface area contributed by atoms with Crippen molar-refractivity contribution >= 4 is 23.4 Å². The van der Waals surface area contributed by atoms with Gasteiger partial charge in [0.2, 0.25) is 0 Å². The quantitative estimate of drug-likeness (QED) is 0.694. The summed E-state index contributed by atoms with van der Waals surface area (Å²) in [5, 5.41) is 14.1. The number of benzene rings is 2. The van der Waals surface area contributed by atoms with Gasteiger partial charge in [-0.2, -0.15) is 0 Å². The Morgan fingerprint density at radius 3 is 2.24 bits per heavy atom. The fourth-order valence-electron chi connectivity index (χ4n) is 2.81. The lowest BCUT2D eigenvalue weighted by Crippen LogP contribution is -2.28. The molecular weight excluding hydrogens is 398 g/mol. The second-order valence-electron chi connectivity index (χ2n) is 7.18. The summed E-state index contributed by atoms with van der Waals surface area (Å²) in [4.78, 5) is 12.4. The Morgan fingerprint density at radius 1 is 1.03 bits per heavy atom. The lowest BCUT2D eigenvalue weighted by Gasteiger charge is -2.24. The van der Waals surface area contributed by atoms with Crippen LogP contribution in [0.1, 0.15) is 38.0 Å². The summed E-state index contributed by atoms with van der Waals surface area (Å²) in [6.07, 6.45) is -1.89. The summed E-state index contributed by atoms with van der Waals surface area (Å²) in [7, 11) is 4.42. The molecule has 0 radical (unpaired) electrons. The second-order valence-corrected chi connectivity index (χ2v) is 7.62. The van der Waals surface area contributed by atoms with E-state index in [1.165, 1.54) is 27.4 Å². The summed E-state index contributed by atoms with van der Waals surface area (Å²) < 4.78 is 21.4. The SMILES string of the molecule is COc1cc(Cl)cc(C(O)c2cccc(OC)c2OC)c1NC(=O)OC(C)(C)C. The normalized spacial score (nSPS) is 12.1. The molecule has 0 bridgehead atoms. The van der Waals surface area contributed by atoms with Gasteiger partial charge in [0.05, 0.1) is 27.0 Å². The first kappa shape index (κ1) is 22.6. The number of aliphatic hydroxyl groups is 1. The number of para-hydroxylation sites is 1. The molecule has 0 aliphatic heterocycles. The van der Waals surface area contributed by atoms with Crippen molar-refractivity contribution in [2.75, 3.05) is 26.6 Å². The van der Waals surface area contributed by atoms with E-state index in [9.17, 15) is 9.90 Å². The van der Waals surface area contributed by atoms with Crippen molar-refractivity contribution < 1.29 is 28.8 Å². The molecule has 0 fully saturated rings. The van der Waals surface area contributed by atoms with Crippen LogP contribution in [0.15, 0.2) is 30.3 Å². The van der Waals surface area contributed by atoms with Gasteiger partial charge in [0, 0.05) is 22.2 Å². The van der Waals surface area contributed by atoms with Crippen LogP contribution in [0.4, 0.5) is 10.5 Å². The Bertz CT molecular complexity index is 878. The van der Waals surface area contributed by atoms with Gasteiger partial charge < -0.3 is 24.1 Å². The van der Waals surface area contributed by atoms with Crippen LogP contribution < -0.4 is 19.5 Å². The summed E-state index contributed by atoms with van der Waals surface area (Å²) in [5.74, 6) is 1.10. The first-order valence-electron chi connectivity index (χ1n) is 8.87. The van der Waals surface area contributed by atoms with Gasteiger partial charge in [0.1, 0.15) is 17.5 Å². The molecule has 0 aromatic heterocycles. The van der Waals surface area contributed by atoms with Gasteiger partial charge in [-0.1, -0.05) is 23.7 Å². The van der Waals surface area contributed by atoms with Crippen molar-refractivity contribution in [1.82, 2.24) is 0 Å². The van der Waals surface area contributed by atoms with Crippen LogP contribution in [0, 0.1) is 0 Å². The van der Waals surface area contributed by atoms with Crippen LogP contribution >= 0.6 is 11.6 Å². The number of carbonyl (C=O) groups is 1. The minimum atomic E-state index is -1.20. The Morgan fingerprint density at radius 2 is 1.69 bits per heavy atom. The average molecular weight is 424 g/mol. The van der Waals surface area contributed by atoms with E-state index < -0.39 is 17.8 Å². The highest BCUT2D eigenvalue weighted by Crippen LogP contribution is 2.42. The number of anilines is 1. The summed E-state index contributed by atoms with van der Waals surface area (Å²) in [6.45, 7) is 5.26. The van der Waals surface area contributed by atoms with Crippen molar-refractivity contribution in [2.24, 2.45) is 0 Å². The van der Waals surface area contributed by atoms with E-state index in [2.05, 4.69) is 5.32 Å². The molecule has 0 heterocycles. The third kappa shape index (κ3) is 5.46. The largest absolute Gasteiger partial charge is 0.495 e. The maximum Gasteiger partial charge on any atom is 0.412 e. The molecule has 0 saturated carbocycles. The molecule has 2 aromatic carbocycles. The van der Waals surface area contributed by atoms with Crippen LogP contribution in [-0.2, 0) is 4.74 Å². The number of amides is 1. The van der Waals surface area contributed by atoms with Gasteiger partial charge in [-0.15, -0.1) is 0 Å². The number of ether oxygens (including phenoxy) is 4. The van der Waals surface area contributed by atoms with Crippen LogP contribution in [0.25, 0.3) is 0 Å². The van der Waals surface area contributed by atoms with Gasteiger partial charge >= 0.3 is 6.09 Å². The zero-order valence-electron chi connectivity index (χ0n) is 17.3. The molecule has 29 heavy (non-hydrogen) atoms. The van der Waals surface area contributed by atoms with E-state index in [4.69, 9.17) is 30.5 Å².